The molecule has 0 saturated heterocycles. The van der Waals surface area contributed by atoms with E-state index in [2.05, 4.69) is 5.32 Å². The maximum absolute atomic E-state index is 11.7. The summed E-state index contributed by atoms with van der Waals surface area (Å²) in [4.78, 5) is 11.7. The van der Waals surface area contributed by atoms with Gasteiger partial charge in [-0.2, -0.15) is 0 Å². The molecular formula is C13H19ClN2O2S. The zero-order valence-electron chi connectivity index (χ0n) is 11.1. The number of benzene rings is 1. The van der Waals surface area contributed by atoms with Crippen LogP contribution in [-0.4, -0.2) is 21.6 Å². The third-order valence-corrected chi connectivity index (χ3v) is 4.56. The van der Waals surface area contributed by atoms with Crippen LogP contribution >= 0.6 is 11.6 Å². The summed E-state index contributed by atoms with van der Waals surface area (Å²) in [5.41, 5.74) is 6.58. The monoisotopic (exact) mass is 302 g/mol. The summed E-state index contributed by atoms with van der Waals surface area (Å²) >= 11 is 5.95. The Labute approximate surface area is 121 Å². The zero-order valence-corrected chi connectivity index (χ0v) is 12.7. The van der Waals surface area contributed by atoms with Crippen molar-refractivity contribution >= 4 is 39.7 Å². The van der Waals surface area contributed by atoms with Crippen LogP contribution in [0.2, 0.25) is 5.02 Å². The minimum absolute atomic E-state index is 0.00888. The van der Waals surface area contributed by atoms with Gasteiger partial charge in [0.15, 0.2) is 0 Å². The fourth-order valence-corrected chi connectivity index (χ4v) is 3.05. The number of hydrogen-bond acceptors (Lipinski definition) is 3. The lowest BCUT2D eigenvalue weighted by molar-refractivity contribution is -0.113. The number of nitrogen functional groups attached to an aromatic ring is 1. The molecule has 0 aliphatic carbocycles. The van der Waals surface area contributed by atoms with Crippen molar-refractivity contribution in [2.45, 2.75) is 20.3 Å². The van der Waals surface area contributed by atoms with Gasteiger partial charge in [-0.15, -0.1) is 0 Å². The van der Waals surface area contributed by atoms with Gasteiger partial charge >= 0.3 is 0 Å². The van der Waals surface area contributed by atoms with Crippen molar-refractivity contribution in [1.29, 1.82) is 0 Å². The number of halogens is 1. The lowest BCUT2D eigenvalue weighted by Crippen LogP contribution is -2.22. The number of hydrogen-bond donors (Lipinski definition) is 2. The van der Waals surface area contributed by atoms with Gasteiger partial charge in [-0.25, -0.2) is 0 Å². The number of rotatable bonds is 6. The number of carbonyl (C=O) groups excluding carboxylic acids is 1. The molecule has 6 heteroatoms. The molecule has 1 aromatic rings. The number of nitrogens with two attached hydrogens (primary N) is 1. The van der Waals surface area contributed by atoms with E-state index in [9.17, 15) is 9.00 Å². The van der Waals surface area contributed by atoms with E-state index in [1.54, 1.807) is 18.2 Å². The van der Waals surface area contributed by atoms with Crippen LogP contribution in [0.5, 0.6) is 0 Å². The molecule has 0 fully saturated rings. The van der Waals surface area contributed by atoms with Crippen molar-refractivity contribution < 1.29 is 9.00 Å². The third kappa shape index (κ3) is 5.61. The van der Waals surface area contributed by atoms with Crippen LogP contribution in [-0.2, 0) is 15.6 Å². The molecule has 4 nitrogen and oxygen atoms in total. The minimum Gasteiger partial charge on any atom is -0.399 e. The molecule has 1 amide bonds. The van der Waals surface area contributed by atoms with Crippen molar-refractivity contribution in [3.8, 4) is 0 Å². The van der Waals surface area contributed by atoms with E-state index in [0.717, 1.165) is 6.42 Å². The molecule has 3 N–H and O–H groups in total. The van der Waals surface area contributed by atoms with Gasteiger partial charge in [0.05, 0.1) is 10.7 Å². The van der Waals surface area contributed by atoms with Gasteiger partial charge in [0.2, 0.25) is 5.91 Å². The van der Waals surface area contributed by atoms with Crippen molar-refractivity contribution in [3.05, 3.63) is 23.2 Å². The zero-order chi connectivity index (χ0) is 14.4. The van der Waals surface area contributed by atoms with Gasteiger partial charge in [0.25, 0.3) is 0 Å². The highest BCUT2D eigenvalue weighted by atomic mass is 35.5. The Kier molecular flexibility index (Phi) is 6.31. The summed E-state index contributed by atoms with van der Waals surface area (Å²) in [6, 6.07) is 4.85. The molecule has 1 rings (SSSR count). The third-order valence-electron chi connectivity index (χ3n) is 2.73. The van der Waals surface area contributed by atoms with Crippen LogP contribution in [0.3, 0.4) is 0 Å². The molecule has 0 aromatic heterocycles. The Bertz CT molecular complexity index is 480. The molecule has 0 spiro atoms. The van der Waals surface area contributed by atoms with E-state index in [4.69, 9.17) is 17.3 Å². The largest absolute Gasteiger partial charge is 0.399 e. The molecule has 106 valence electrons. The standard InChI is InChI=1S/C13H19ClN2O2S/c1-3-9(2)7-19(18)8-13(17)16-12-5-4-10(15)6-11(12)14/h4-6,9H,3,7-8,15H2,1-2H3,(H,16,17). The maximum atomic E-state index is 11.7. The molecule has 0 aliphatic heterocycles. The molecule has 1 aromatic carbocycles. The average molecular weight is 303 g/mol. The Hall–Kier alpha value is -1.07. The highest BCUT2D eigenvalue weighted by Crippen LogP contribution is 2.23. The minimum atomic E-state index is -1.14. The molecule has 0 saturated carbocycles. The van der Waals surface area contributed by atoms with Crippen LogP contribution in [0.4, 0.5) is 11.4 Å². The first-order valence-electron chi connectivity index (χ1n) is 6.12. The number of amides is 1. The first kappa shape index (κ1) is 16.0. The summed E-state index contributed by atoms with van der Waals surface area (Å²) < 4.78 is 11.7. The van der Waals surface area contributed by atoms with Gasteiger partial charge in [0.1, 0.15) is 5.75 Å². The van der Waals surface area contributed by atoms with E-state index < -0.39 is 10.8 Å². The summed E-state index contributed by atoms with van der Waals surface area (Å²) in [6.07, 6.45) is 0.956. The van der Waals surface area contributed by atoms with Crippen molar-refractivity contribution in [2.24, 2.45) is 5.92 Å². The Morgan fingerprint density at radius 3 is 2.79 bits per heavy atom. The first-order chi connectivity index (χ1) is 8.92. The summed E-state index contributed by atoms with van der Waals surface area (Å²) in [6.45, 7) is 4.06. The van der Waals surface area contributed by atoms with Gasteiger partial charge in [0, 0.05) is 22.2 Å². The fraction of sp³-hybridized carbons (Fsp3) is 0.462. The van der Waals surface area contributed by atoms with Crippen LogP contribution in [0.1, 0.15) is 20.3 Å². The highest BCUT2D eigenvalue weighted by molar-refractivity contribution is 7.85. The Morgan fingerprint density at radius 2 is 2.21 bits per heavy atom. The first-order valence-corrected chi connectivity index (χ1v) is 7.98. The predicted octanol–water partition coefficient (Wildman–Crippen LogP) is 2.66. The second-order valence-electron chi connectivity index (χ2n) is 4.55. The van der Waals surface area contributed by atoms with Crippen LogP contribution < -0.4 is 11.1 Å². The van der Waals surface area contributed by atoms with Gasteiger partial charge in [-0.05, 0) is 24.1 Å². The Balaban J connectivity index is 2.53. The number of nitrogens with one attached hydrogen (secondary N) is 1. The van der Waals surface area contributed by atoms with E-state index in [1.165, 1.54) is 0 Å². The molecule has 0 aliphatic rings. The lowest BCUT2D eigenvalue weighted by Gasteiger charge is -2.10. The number of anilines is 2. The fourth-order valence-electron chi connectivity index (χ4n) is 1.46. The maximum Gasteiger partial charge on any atom is 0.237 e. The second kappa shape index (κ2) is 7.50. The smallest absolute Gasteiger partial charge is 0.237 e. The molecular weight excluding hydrogens is 284 g/mol. The summed E-state index contributed by atoms with van der Waals surface area (Å²) in [5, 5.41) is 3.02. The molecule has 0 bridgehead atoms. The molecule has 19 heavy (non-hydrogen) atoms. The summed E-state index contributed by atoms with van der Waals surface area (Å²) in [5.74, 6) is 0.590. The average Bonchev–Trinajstić information content (AvgIpc) is 2.32. The van der Waals surface area contributed by atoms with E-state index in [-0.39, 0.29) is 11.7 Å². The van der Waals surface area contributed by atoms with Gasteiger partial charge in [-0.3, -0.25) is 9.00 Å². The van der Waals surface area contributed by atoms with E-state index >= 15 is 0 Å². The molecule has 0 heterocycles. The van der Waals surface area contributed by atoms with E-state index in [1.807, 2.05) is 13.8 Å². The van der Waals surface area contributed by atoms with Crippen LogP contribution in [0.15, 0.2) is 18.2 Å². The van der Waals surface area contributed by atoms with Crippen molar-refractivity contribution in [1.82, 2.24) is 0 Å². The Morgan fingerprint density at radius 1 is 1.53 bits per heavy atom. The quantitative estimate of drug-likeness (QED) is 0.794. The molecule has 0 radical (unpaired) electrons. The van der Waals surface area contributed by atoms with Crippen molar-refractivity contribution in [3.63, 3.8) is 0 Å². The van der Waals surface area contributed by atoms with Gasteiger partial charge in [-0.1, -0.05) is 31.9 Å². The van der Waals surface area contributed by atoms with Crippen molar-refractivity contribution in [2.75, 3.05) is 22.6 Å². The second-order valence-corrected chi connectivity index (χ2v) is 6.46. The van der Waals surface area contributed by atoms with E-state index in [0.29, 0.717) is 28.1 Å². The number of carbonyl (C=O) groups is 1. The lowest BCUT2D eigenvalue weighted by atomic mass is 10.2. The SMILES string of the molecule is CCC(C)CS(=O)CC(=O)Nc1ccc(N)cc1Cl. The highest BCUT2D eigenvalue weighted by Gasteiger charge is 2.12. The van der Waals surface area contributed by atoms with Crippen LogP contribution in [0, 0.1) is 5.92 Å². The normalized spacial score (nSPS) is 13.8. The predicted molar refractivity (Wildman–Crippen MR) is 81.8 cm³/mol. The van der Waals surface area contributed by atoms with Gasteiger partial charge < -0.3 is 11.1 Å². The molecule has 2 unspecified atom stereocenters. The topological polar surface area (TPSA) is 72.2 Å². The molecule has 2 atom stereocenters. The summed E-state index contributed by atoms with van der Waals surface area (Å²) in [7, 11) is -1.14. The van der Waals surface area contributed by atoms with Crippen LogP contribution in [0.25, 0.3) is 0 Å².